The number of aryl methyl sites for hydroxylation is 1. The average Bonchev–Trinajstić information content (AvgIpc) is 3.49. The van der Waals surface area contributed by atoms with Gasteiger partial charge in [0.15, 0.2) is 17.3 Å². The van der Waals surface area contributed by atoms with Gasteiger partial charge < -0.3 is 23.8 Å². The van der Waals surface area contributed by atoms with Gasteiger partial charge in [0.1, 0.15) is 17.5 Å². The van der Waals surface area contributed by atoms with Crippen molar-refractivity contribution >= 4 is 29.4 Å². The molecule has 9 nitrogen and oxygen atoms in total. The number of carbonyl (C=O) groups is 2. The van der Waals surface area contributed by atoms with E-state index in [0.29, 0.717) is 57.6 Å². The van der Waals surface area contributed by atoms with Gasteiger partial charge in [-0.2, -0.15) is 0 Å². The number of fused-ring (bicyclic) bond motifs is 1. The molecular formula is C30H25ClN2O7. The second-order valence-corrected chi connectivity index (χ2v) is 10.3. The number of carboxylic acid groups (broad SMARTS) is 1. The highest BCUT2D eigenvalue weighted by Crippen LogP contribution is 2.51. The highest BCUT2D eigenvalue weighted by atomic mass is 35.5. The first-order chi connectivity index (χ1) is 19.3. The number of hydrogen-bond donors (Lipinski definition) is 2. The number of halogens is 1. The van der Waals surface area contributed by atoms with Crippen molar-refractivity contribution in [2.45, 2.75) is 38.2 Å². The minimum Gasteiger partial charge on any atom is -0.481 e. The highest BCUT2D eigenvalue weighted by Gasteiger charge is 2.51. The number of benzene rings is 3. The molecular weight excluding hydrogens is 536 g/mol. The molecule has 1 fully saturated rings. The lowest BCUT2D eigenvalue weighted by Gasteiger charge is -2.16. The first-order valence-electron chi connectivity index (χ1n) is 12.7. The summed E-state index contributed by atoms with van der Waals surface area (Å²) in [6, 6.07) is 18.3. The van der Waals surface area contributed by atoms with E-state index in [1.54, 1.807) is 38.1 Å². The molecule has 1 aliphatic carbocycles. The molecule has 10 heteroatoms. The van der Waals surface area contributed by atoms with E-state index in [2.05, 4.69) is 10.5 Å². The maximum absolute atomic E-state index is 12.8. The van der Waals surface area contributed by atoms with Crippen LogP contribution in [0, 0.1) is 6.92 Å². The van der Waals surface area contributed by atoms with Crippen molar-refractivity contribution in [3.8, 4) is 33.9 Å². The van der Waals surface area contributed by atoms with E-state index in [-0.39, 0.29) is 6.79 Å². The molecule has 1 unspecified atom stereocenters. The number of rotatable bonds is 7. The number of ether oxygens (including phenoxy) is 3. The SMILES string of the molecule is Cc1noc(-c2ccc(-c3ccc(C4(C(=O)O)CC4)cc3)c3c2OCO3)c1NC(=O)OC(C)c1ccccc1Cl. The zero-order valence-electron chi connectivity index (χ0n) is 21.7. The van der Waals surface area contributed by atoms with Crippen LogP contribution in [0.4, 0.5) is 10.5 Å². The van der Waals surface area contributed by atoms with Crippen LogP contribution in [0.1, 0.15) is 42.7 Å². The predicted molar refractivity (Wildman–Crippen MR) is 147 cm³/mol. The van der Waals surface area contributed by atoms with Gasteiger partial charge in [0.05, 0.1) is 11.0 Å². The largest absolute Gasteiger partial charge is 0.481 e. The Morgan fingerprint density at radius 1 is 1.02 bits per heavy atom. The number of aromatic nitrogens is 1. The molecule has 0 spiro atoms. The Morgan fingerprint density at radius 2 is 1.70 bits per heavy atom. The number of nitrogens with one attached hydrogen (secondary N) is 1. The Morgan fingerprint density at radius 3 is 2.38 bits per heavy atom. The van der Waals surface area contributed by atoms with Gasteiger partial charge in [-0.1, -0.05) is 59.2 Å². The van der Waals surface area contributed by atoms with E-state index < -0.39 is 23.6 Å². The highest BCUT2D eigenvalue weighted by molar-refractivity contribution is 6.31. The van der Waals surface area contributed by atoms with Crippen LogP contribution in [0.3, 0.4) is 0 Å². The van der Waals surface area contributed by atoms with Gasteiger partial charge >= 0.3 is 12.1 Å². The molecule has 0 saturated heterocycles. The lowest BCUT2D eigenvalue weighted by molar-refractivity contribution is -0.140. The maximum Gasteiger partial charge on any atom is 0.412 e. The summed E-state index contributed by atoms with van der Waals surface area (Å²) in [5.74, 6) is 0.458. The van der Waals surface area contributed by atoms with Crippen molar-refractivity contribution in [2.75, 3.05) is 12.1 Å². The number of hydrogen-bond acceptors (Lipinski definition) is 7. The average molecular weight is 561 g/mol. The van der Waals surface area contributed by atoms with Crippen LogP contribution in [0.15, 0.2) is 65.2 Å². The van der Waals surface area contributed by atoms with Crippen molar-refractivity contribution in [3.63, 3.8) is 0 Å². The Hall–Kier alpha value is -4.50. The van der Waals surface area contributed by atoms with Crippen LogP contribution in [0.5, 0.6) is 11.5 Å². The summed E-state index contributed by atoms with van der Waals surface area (Å²) in [6.45, 7) is 3.45. The van der Waals surface area contributed by atoms with Crippen LogP contribution in [0.2, 0.25) is 5.02 Å². The number of aliphatic carboxylic acids is 1. The molecule has 2 aliphatic rings. The normalized spacial score (nSPS) is 15.4. The van der Waals surface area contributed by atoms with E-state index in [4.69, 9.17) is 30.3 Å². The molecule has 204 valence electrons. The molecule has 1 amide bonds. The standard InChI is InChI=1S/C30H25ClN2O7/c1-16-24(32-29(36)39-17(2)20-5-3-4-6-23(20)31)25(40-33-16)22-12-11-21(26-27(22)38-15-37-26)18-7-9-19(10-8-18)30(13-14-30)28(34)35/h3-12,17H,13-15H2,1-2H3,(H,32,36)(H,34,35). The fourth-order valence-corrected chi connectivity index (χ4v) is 5.27. The molecule has 0 radical (unpaired) electrons. The van der Waals surface area contributed by atoms with Crippen LogP contribution < -0.4 is 14.8 Å². The lowest BCUT2D eigenvalue weighted by Crippen LogP contribution is -2.19. The molecule has 1 aromatic heterocycles. The minimum absolute atomic E-state index is 0.00677. The summed E-state index contributed by atoms with van der Waals surface area (Å²) in [5.41, 5.74) is 3.67. The second-order valence-electron chi connectivity index (χ2n) is 9.86. The predicted octanol–water partition coefficient (Wildman–Crippen LogP) is 7.13. The summed E-state index contributed by atoms with van der Waals surface area (Å²) >= 11 is 6.24. The van der Waals surface area contributed by atoms with E-state index in [1.807, 2.05) is 36.4 Å². The molecule has 4 aromatic rings. The Kier molecular flexibility index (Phi) is 6.38. The zero-order chi connectivity index (χ0) is 28.0. The van der Waals surface area contributed by atoms with Crippen molar-refractivity contribution in [2.24, 2.45) is 0 Å². The van der Waals surface area contributed by atoms with Gasteiger partial charge in [-0.05, 0) is 56.0 Å². The monoisotopic (exact) mass is 560 g/mol. The van der Waals surface area contributed by atoms with E-state index >= 15 is 0 Å². The Labute approximate surface area is 234 Å². The van der Waals surface area contributed by atoms with Gasteiger partial charge in [-0.25, -0.2) is 4.79 Å². The topological polar surface area (TPSA) is 120 Å². The smallest absolute Gasteiger partial charge is 0.412 e. The van der Waals surface area contributed by atoms with Gasteiger partial charge in [-0.3, -0.25) is 10.1 Å². The van der Waals surface area contributed by atoms with E-state index in [1.165, 1.54) is 0 Å². The van der Waals surface area contributed by atoms with Crippen molar-refractivity contribution in [1.82, 2.24) is 5.16 Å². The third kappa shape index (κ3) is 4.42. The maximum atomic E-state index is 12.8. The van der Waals surface area contributed by atoms with Gasteiger partial charge in [-0.15, -0.1) is 0 Å². The molecule has 3 aromatic carbocycles. The first-order valence-corrected chi connectivity index (χ1v) is 13.1. The summed E-state index contributed by atoms with van der Waals surface area (Å²) in [4.78, 5) is 24.5. The van der Waals surface area contributed by atoms with Gasteiger partial charge in [0.25, 0.3) is 0 Å². The number of amides is 1. The molecule has 6 rings (SSSR count). The number of nitrogens with zero attached hydrogens (tertiary/aromatic N) is 1. The summed E-state index contributed by atoms with van der Waals surface area (Å²) in [7, 11) is 0. The third-order valence-electron chi connectivity index (χ3n) is 7.39. The first kappa shape index (κ1) is 25.8. The fourth-order valence-electron chi connectivity index (χ4n) is 4.98. The van der Waals surface area contributed by atoms with Crippen LogP contribution in [0.25, 0.3) is 22.5 Å². The van der Waals surface area contributed by atoms with Gasteiger partial charge in [0.2, 0.25) is 6.79 Å². The molecule has 1 saturated carbocycles. The van der Waals surface area contributed by atoms with Crippen LogP contribution in [-0.4, -0.2) is 29.1 Å². The number of anilines is 1. The second kappa shape index (κ2) is 9.91. The lowest BCUT2D eigenvalue weighted by atomic mass is 9.93. The van der Waals surface area contributed by atoms with Crippen molar-refractivity contribution < 1.29 is 33.4 Å². The summed E-state index contributed by atoms with van der Waals surface area (Å²) in [6.07, 6.45) is -0.000779. The van der Waals surface area contributed by atoms with Crippen molar-refractivity contribution in [1.29, 1.82) is 0 Å². The van der Waals surface area contributed by atoms with Crippen LogP contribution in [-0.2, 0) is 14.9 Å². The minimum atomic E-state index is -0.795. The third-order valence-corrected chi connectivity index (χ3v) is 7.73. The molecule has 2 N–H and O–H groups in total. The molecule has 40 heavy (non-hydrogen) atoms. The molecule has 1 atom stereocenters. The van der Waals surface area contributed by atoms with E-state index in [9.17, 15) is 14.7 Å². The van der Waals surface area contributed by atoms with Crippen LogP contribution >= 0.6 is 11.6 Å². The van der Waals surface area contributed by atoms with E-state index in [0.717, 1.165) is 16.7 Å². The molecule has 1 aliphatic heterocycles. The zero-order valence-corrected chi connectivity index (χ0v) is 22.4. The van der Waals surface area contributed by atoms with Gasteiger partial charge in [0, 0.05) is 16.1 Å². The van der Waals surface area contributed by atoms with Crippen molar-refractivity contribution in [3.05, 3.63) is 82.5 Å². The quantitative estimate of drug-likeness (QED) is 0.245. The molecule has 0 bridgehead atoms. The Balaban J connectivity index is 1.27. The number of carboxylic acids is 1. The summed E-state index contributed by atoms with van der Waals surface area (Å²) in [5, 5.41) is 16.9. The molecule has 2 heterocycles. The number of carbonyl (C=O) groups excluding carboxylic acids is 1. The summed E-state index contributed by atoms with van der Waals surface area (Å²) < 4.78 is 22.8. The fraction of sp³-hybridized carbons (Fsp3) is 0.233. The Bertz CT molecular complexity index is 1630.